The van der Waals surface area contributed by atoms with Gasteiger partial charge in [-0.25, -0.2) is 5.01 Å². The molecule has 152 valence electrons. The second-order valence-corrected chi connectivity index (χ2v) is 7.67. The van der Waals surface area contributed by atoms with Crippen LogP contribution in [0.5, 0.6) is 11.5 Å². The molecule has 0 spiro atoms. The van der Waals surface area contributed by atoms with Crippen LogP contribution in [0.2, 0.25) is 0 Å². The van der Waals surface area contributed by atoms with Gasteiger partial charge in [0.1, 0.15) is 23.5 Å². The summed E-state index contributed by atoms with van der Waals surface area (Å²) in [6, 6.07) is 13.5. The summed E-state index contributed by atoms with van der Waals surface area (Å²) in [6.07, 6.45) is 0. The Morgan fingerprint density at radius 1 is 1.21 bits per heavy atom. The average molecular weight is 413 g/mol. The lowest BCUT2D eigenvalue weighted by Crippen LogP contribution is -2.25. The van der Waals surface area contributed by atoms with Crippen molar-refractivity contribution < 1.29 is 19.1 Å². The van der Waals surface area contributed by atoms with Crippen molar-refractivity contribution in [2.24, 2.45) is 5.10 Å². The smallest absolute Gasteiger partial charge is 0.241 e. The minimum absolute atomic E-state index is 0.240. The fraction of sp³-hybridized carbons (Fsp3) is 0.286. The fourth-order valence-electron chi connectivity index (χ4n) is 2.91. The summed E-state index contributed by atoms with van der Waals surface area (Å²) in [6.45, 7) is 5.25. The minimum atomic E-state index is -0.475. The van der Waals surface area contributed by atoms with E-state index in [9.17, 15) is 9.59 Å². The first-order valence-electron chi connectivity index (χ1n) is 9.06. The Morgan fingerprint density at radius 3 is 2.66 bits per heavy atom. The van der Waals surface area contributed by atoms with Gasteiger partial charge >= 0.3 is 0 Å². The molecule has 8 heteroatoms. The molecule has 0 saturated carbocycles. The van der Waals surface area contributed by atoms with E-state index >= 15 is 0 Å². The van der Waals surface area contributed by atoms with Crippen molar-refractivity contribution in [1.82, 2.24) is 10.3 Å². The highest BCUT2D eigenvalue weighted by Crippen LogP contribution is 2.44. The highest BCUT2D eigenvalue weighted by atomic mass is 32.2. The number of hydrogen-bond donors (Lipinski definition) is 1. The molecule has 1 N–H and O–H groups in total. The predicted molar refractivity (Wildman–Crippen MR) is 113 cm³/mol. The van der Waals surface area contributed by atoms with Gasteiger partial charge in [-0.15, -0.1) is 5.10 Å². The third kappa shape index (κ3) is 5.08. The molecule has 0 unspecified atom stereocenters. The zero-order valence-electron chi connectivity index (χ0n) is 16.8. The van der Waals surface area contributed by atoms with E-state index in [-0.39, 0.29) is 11.8 Å². The fourth-order valence-corrected chi connectivity index (χ4v) is 4.06. The van der Waals surface area contributed by atoms with Gasteiger partial charge in [0, 0.05) is 19.4 Å². The molecule has 29 heavy (non-hydrogen) atoms. The van der Waals surface area contributed by atoms with Crippen molar-refractivity contribution in [3.05, 3.63) is 59.2 Å². The van der Waals surface area contributed by atoms with Crippen LogP contribution in [0.1, 0.15) is 35.9 Å². The number of aryl methyl sites for hydroxylation is 1. The molecule has 0 saturated heterocycles. The summed E-state index contributed by atoms with van der Waals surface area (Å²) < 4.78 is 11.4. The molecule has 1 aliphatic rings. The Kier molecular flexibility index (Phi) is 6.43. The van der Waals surface area contributed by atoms with Crippen molar-refractivity contribution >= 4 is 28.7 Å². The third-order valence-electron chi connectivity index (χ3n) is 4.21. The molecule has 0 bridgehead atoms. The summed E-state index contributed by atoms with van der Waals surface area (Å²) in [4.78, 5) is 23.6. The third-order valence-corrected chi connectivity index (χ3v) is 5.29. The maximum atomic E-state index is 12.2. The molecular weight excluding hydrogens is 390 g/mol. The van der Waals surface area contributed by atoms with E-state index < -0.39 is 5.37 Å². The van der Waals surface area contributed by atoms with Gasteiger partial charge in [0.15, 0.2) is 5.17 Å². The van der Waals surface area contributed by atoms with Crippen LogP contribution in [0, 0.1) is 6.92 Å². The van der Waals surface area contributed by atoms with Gasteiger partial charge in [-0.3, -0.25) is 9.59 Å². The first-order chi connectivity index (χ1) is 13.9. The number of nitrogens with zero attached hydrogens (tertiary/aromatic N) is 2. The average Bonchev–Trinajstić information content (AvgIpc) is 3.09. The van der Waals surface area contributed by atoms with Crippen LogP contribution in [-0.2, 0) is 16.2 Å². The van der Waals surface area contributed by atoms with Crippen molar-refractivity contribution in [3.8, 4) is 11.5 Å². The second kappa shape index (κ2) is 9.00. The molecule has 7 nitrogen and oxygen atoms in total. The Balaban J connectivity index is 1.90. The summed E-state index contributed by atoms with van der Waals surface area (Å²) in [5.41, 5.74) is 2.94. The number of hydrogen-bond acceptors (Lipinski definition) is 6. The van der Waals surface area contributed by atoms with E-state index in [0.717, 1.165) is 16.7 Å². The molecular formula is C21H23N3O4S. The Bertz CT molecular complexity index is 961. The molecule has 2 aromatic carbocycles. The van der Waals surface area contributed by atoms with Gasteiger partial charge in [0.2, 0.25) is 11.8 Å². The predicted octanol–water partition coefficient (Wildman–Crippen LogP) is 3.58. The molecule has 2 aromatic rings. The second-order valence-electron chi connectivity index (χ2n) is 6.60. The molecule has 1 aliphatic heterocycles. The Morgan fingerprint density at radius 2 is 2.00 bits per heavy atom. The van der Waals surface area contributed by atoms with Crippen LogP contribution in [0.15, 0.2) is 47.6 Å². The molecule has 1 heterocycles. The number of carbonyl (C=O) groups is 2. The van der Waals surface area contributed by atoms with Gasteiger partial charge in [-0.1, -0.05) is 41.6 Å². The van der Waals surface area contributed by atoms with Gasteiger partial charge in [-0.2, -0.15) is 0 Å². The van der Waals surface area contributed by atoms with Crippen molar-refractivity contribution in [2.45, 2.75) is 32.8 Å². The highest BCUT2D eigenvalue weighted by Gasteiger charge is 2.34. The summed E-state index contributed by atoms with van der Waals surface area (Å²) in [5, 5.41) is 8.12. The number of ether oxygens (including phenoxy) is 2. The van der Waals surface area contributed by atoms with Crippen LogP contribution in [0.4, 0.5) is 0 Å². The topological polar surface area (TPSA) is 80.2 Å². The van der Waals surface area contributed by atoms with Crippen LogP contribution in [0.3, 0.4) is 0 Å². The van der Waals surface area contributed by atoms with E-state index in [2.05, 4.69) is 16.5 Å². The number of rotatable bonds is 5. The van der Waals surface area contributed by atoms with E-state index in [0.29, 0.717) is 23.3 Å². The number of carbonyl (C=O) groups excluding carboxylic acids is 2. The van der Waals surface area contributed by atoms with E-state index in [1.807, 2.05) is 43.3 Å². The standard InChI is InChI=1S/C21H23N3O4S/c1-13-6-5-7-16(10-13)12-28-19-9-8-17(27-4)11-18(19)20-24(15(3)26)23-21(29-20)22-14(2)25/h5-11,20H,12H2,1-4H3,(H,22,23,25)/t20-/m1/s1. The van der Waals surface area contributed by atoms with Gasteiger partial charge < -0.3 is 14.8 Å². The molecule has 0 aromatic heterocycles. The monoisotopic (exact) mass is 413 g/mol. The summed E-state index contributed by atoms with van der Waals surface area (Å²) >= 11 is 1.27. The van der Waals surface area contributed by atoms with E-state index in [4.69, 9.17) is 9.47 Å². The zero-order chi connectivity index (χ0) is 21.0. The zero-order valence-corrected chi connectivity index (χ0v) is 17.6. The number of methoxy groups -OCH3 is 1. The van der Waals surface area contributed by atoms with Crippen molar-refractivity contribution in [3.63, 3.8) is 0 Å². The Labute approximate surface area is 174 Å². The number of nitrogens with one attached hydrogen (secondary N) is 1. The largest absolute Gasteiger partial charge is 0.497 e. The normalized spacial score (nSPS) is 15.7. The SMILES string of the molecule is COc1ccc(OCc2cccc(C)c2)c([C@H]2SC(NC(C)=O)=NN2C(C)=O)c1. The molecule has 0 aliphatic carbocycles. The number of thioether (sulfide) groups is 1. The first-order valence-corrected chi connectivity index (χ1v) is 9.94. The van der Waals surface area contributed by atoms with Gasteiger partial charge in [-0.05, 0) is 30.7 Å². The van der Waals surface area contributed by atoms with Crippen molar-refractivity contribution in [2.75, 3.05) is 7.11 Å². The summed E-state index contributed by atoms with van der Waals surface area (Å²) in [7, 11) is 1.58. The molecule has 2 amide bonds. The molecule has 3 rings (SSSR count). The molecule has 0 fully saturated rings. The van der Waals surface area contributed by atoms with Gasteiger partial charge in [0.05, 0.1) is 7.11 Å². The summed E-state index contributed by atoms with van der Waals surface area (Å²) in [5.74, 6) is 0.771. The number of hydrazone groups is 1. The van der Waals surface area contributed by atoms with Crippen LogP contribution in [0.25, 0.3) is 0 Å². The molecule has 1 atom stereocenters. The van der Waals surface area contributed by atoms with E-state index in [1.54, 1.807) is 7.11 Å². The lowest BCUT2D eigenvalue weighted by Gasteiger charge is -2.22. The molecule has 0 radical (unpaired) electrons. The van der Waals surface area contributed by atoms with Crippen molar-refractivity contribution in [1.29, 1.82) is 0 Å². The lowest BCUT2D eigenvalue weighted by molar-refractivity contribution is -0.129. The first kappa shape index (κ1) is 20.7. The van der Waals surface area contributed by atoms with E-state index in [1.165, 1.54) is 30.6 Å². The maximum Gasteiger partial charge on any atom is 0.241 e. The number of benzene rings is 2. The highest BCUT2D eigenvalue weighted by molar-refractivity contribution is 8.14. The number of amides is 2. The van der Waals surface area contributed by atoms with Crippen LogP contribution < -0.4 is 14.8 Å². The van der Waals surface area contributed by atoms with Gasteiger partial charge in [0.25, 0.3) is 0 Å². The lowest BCUT2D eigenvalue weighted by atomic mass is 10.1. The minimum Gasteiger partial charge on any atom is -0.497 e. The van der Waals surface area contributed by atoms with Crippen LogP contribution >= 0.6 is 11.8 Å². The quantitative estimate of drug-likeness (QED) is 0.810. The van der Waals surface area contributed by atoms with Crippen LogP contribution in [-0.4, -0.2) is 29.1 Å². The number of amidine groups is 1. The Hall–Kier alpha value is -3.00. The maximum absolute atomic E-state index is 12.2.